The minimum Gasteiger partial charge on any atom is -0.493 e. The van der Waals surface area contributed by atoms with Crippen LogP contribution in [0.15, 0.2) is 74.7 Å². The molecule has 6 heteroatoms. The van der Waals surface area contributed by atoms with Gasteiger partial charge >= 0.3 is 0 Å². The van der Waals surface area contributed by atoms with E-state index in [0.717, 1.165) is 33.1 Å². The molecule has 0 aliphatic heterocycles. The van der Waals surface area contributed by atoms with Gasteiger partial charge in [0.25, 0.3) is 0 Å². The Morgan fingerprint density at radius 2 is 2.15 bits per heavy atom. The number of rotatable bonds is 7. The van der Waals surface area contributed by atoms with Crippen LogP contribution in [0.5, 0.6) is 5.75 Å². The fourth-order valence-electron chi connectivity index (χ4n) is 2.31. The first kappa shape index (κ1) is 17.9. The number of aromatic nitrogens is 1. The van der Waals surface area contributed by atoms with E-state index in [9.17, 15) is 0 Å². The van der Waals surface area contributed by atoms with Gasteiger partial charge in [0.1, 0.15) is 11.4 Å². The van der Waals surface area contributed by atoms with Crippen molar-refractivity contribution in [2.24, 2.45) is 10.1 Å². The Morgan fingerprint density at radius 3 is 2.88 bits per heavy atom. The molecule has 0 saturated carbocycles. The monoisotopic (exact) mass is 367 g/mol. The number of hydrogen-bond donors (Lipinski definition) is 0. The lowest BCUT2D eigenvalue weighted by Gasteiger charge is -2.06. The lowest BCUT2D eigenvalue weighted by Crippen LogP contribution is -2.13. The summed E-state index contributed by atoms with van der Waals surface area (Å²) in [5.41, 5.74) is 2.75. The Bertz CT molecular complexity index is 965. The second-order valence-corrected chi connectivity index (χ2v) is 6.52. The Kier molecular flexibility index (Phi) is 5.86. The van der Waals surface area contributed by atoms with Crippen LogP contribution in [0.25, 0.3) is 11.5 Å². The van der Waals surface area contributed by atoms with Crippen LogP contribution >= 0.6 is 11.3 Å². The lowest BCUT2D eigenvalue weighted by atomic mass is 10.2. The number of hydrogen-bond acceptors (Lipinski definition) is 5. The summed E-state index contributed by atoms with van der Waals surface area (Å²) in [6.07, 6.45) is 3.43. The average Bonchev–Trinajstić information content (AvgIpc) is 3.29. The summed E-state index contributed by atoms with van der Waals surface area (Å²) in [7, 11) is 0. The van der Waals surface area contributed by atoms with Crippen LogP contribution in [-0.2, 0) is 0 Å². The van der Waals surface area contributed by atoms with E-state index in [1.54, 1.807) is 17.2 Å². The molecule has 0 radical (unpaired) electrons. The first-order chi connectivity index (χ1) is 12.7. The van der Waals surface area contributed by atoms with E-state index in [2.05, 4.69) is 16.7 Å². The van der Waals surface area contributed by atoms with Crippen molar-refractivity contribution >= 4 is 17.6 Å². The molecule has 2 heterocycles. The molecular formula is C20H21N3O2S. The quantitative estimate of drug-likeness (QED) is 0.454. The van der Waals surface area contributed by atoms with Gasteiger partial charge in [-0.05, 0) is 38.1 Å². The van der Waals surface area contributed by atoms with Gasteiger partial charge < -0.3 is 9.15 Å². The van der Waals surface area contributed by atoms with E-state index in [0.29, 0.717) is 13.2 Å². The molecule has 0 spiro atoms. The van der Waals surface area contributed by atoms with Gasteiger partial charge in [-0.1, -0.05) is 24.3 Å². The van der Waals surface area contributed by atoms with Gasteiger partial charge in [-0.3, -0.25) is 4.99 Å². The van der Waals surface area contributed by atoms with Gasteiger partial charge in [0.15, 0.2) is 5.76 Å². The largest absolute Gasteiger partial charge is 0.493 e. The number of para-hydroxylation sites is 1. The zero-order valence-corrected chi connectivity index (χ0v) is 15.7. The zero-order chi connectivity index (χ0) is 18.4. The van der Waals surface area contributed by atoms with E-state index in [1.165, 1.54) is 11.3 Å². The third kappa shape index (κ3) is 4.21. The standard InChI is InChI=1S/C20H21N3O2S/c1-4-24-18-9-6-5-8-16(18)13-22-23-17(19-10-7-11-25-19)14-26-20(23)21-12-15(2)3/h5-11,13-14H,2,4,12H2,1,3H3. The molecule has 5 nitrogen and oxygen atoms in total. The second kappa shape index (κ2) is 8.49. The number of ether oxygens (including phenoxy) is 1. The number of nitrogens with zero attached hydrogens (tertiary/aromatic N) is 3. The average molecular weight is 367 g/mol. The first-order valence-electron chi connectivity index (χ1n) is 8.34. The van der Waals surface area contributed by atoms with Gasteiger partial charge in [0.2, 0.25) is 4.80 Å². The molecule has 0 aliphatic rings. The van der Waals surface area contributed by atoms with Crippen LogP contribution in [0.1, 0.15) is 19.4 Å². The van der Waals surface area contributed by atoms with Gasteiger partial charge in [0, 0.05) is 10.9 Å². The second-order valence-electron chi connectivity index (χ2n) is 5.68. The maximum atomic E-state index is 5.67. The zero-order valence-electron chi connectivity index (χ0n) is 14.9. The van der Waals surface area contributed by atoms with Crippen molar-refractivity contribution in [2.45, 2.75) is 13.8 Å². The first-order valence-corrected chi connectivity index (χ1v) is 9.22. The van der Waals surface area contributed by atoms with Crippen LogP contribution in [0.2, 0.25) is 0 Å². The topological polar surface area (TPSA) is 52.0 Å². The molecule has 0 N–H and O–H groups in total. The fraction of sp³-hybridized carbons (Fsp3) is 0.200. The number of thiazole rings is 1. The molecule has 0 unspecified atom stereocenters. The summed E-state index contributed by atoms with van der Waals surface area (Å²) in [5.74, 6) is 1.54. The van der Waals surface area contributed by atoms with E-state index in [1.807, 2.05) is 55.6 Å². The number of benzene rings is 1. The molecule has 26 heavy (non-hydrogen) atoms. The van der Waals surface area contributed by atoms with Crippen molar-refractivity contribution in [3.63, 3.8) is 0 Å². The number of furan rings is 1. The van der Waals surface area contributed by atoms with Crippen LogP contribution in [0, 0.1) is 0 Å². The highest BCUT2D eigenvalue weighted by Crippen LogP contribution is 2.21. The van der Waals surface area contributed by atoms with Crippen molar-refractivity contribution in [3.8, 4) is 17.2 Å². The predicted molar refractivity (Wildman–Crippen MR) is 106 cm³/mol. The van der Waals surface area contributed by atoms with E-state index in [4.69, 9.17) is 9.15 Å². The lowest BCUT2D eigenvalue weighted by molar-refractivity contribution is 0.340. The Hall–Kier alpha value is -2.86. The predicted octanol–water partition coefficient (Wildman–Crippen LogP) is 4.57. The molecule has 3 aromatic rings. The summed E-state index contributed by atoms with van der Waals surface area (Å²) >= 11 is 1.52. The maximum Gasteiger partial charge on any atom is 0.206 e. The summed E-state index contributed by atoms with van der Waals surface area (Å²) in [5, 5.41) is 6.64. The summed E-state index contributed by atoms with van der Waals surface area (Å²) in [6, 6.07) is 11.6. The Balaban J connectivity index is 2.04. The SMILES string of the molecule is C=C(C)CN=c1scc(-c2ccco2)n1N=Cc1ccccc1OCC. The van der Waals surface area contributed by atoms with Crippen molar-refractivity contribution in [3.05, 3.63) is 70.6 Å². The van der Waals surface area contributed by atoms with Crippen molar-refractivity contribution in [1.82, 2.24) is 4.68 Å². The molecular weight excluding hydrogens is 346 g/mol. The van der Waals surface area contributed by atoms with Gasteiger partial charge in [-0.25, -0.2) is 4.68 Å². The molecule has 3 rings (SSSR count). The Labute approximate surface area is 156 Å². The third-order valence-electron chi connectivity index (χ3n) is 3.47. The van der Waals surface area contributed by atoms with Crippen molar-refractivity contribution < 1.29 is 9.15 Å². The van der Waals surface area contributed by atoms with E-state index < -0.39 is 0 Å². The summed E-state index contributed by atoms with van der Waals surface area (Å²) in [4.78, 5) is 5.38. The molecule has 0 aliphatic carbocycles. The highest BCUT2D eigenvalue weighted by Gasteiger charge is 2.10. The van der Waals surface area contributed by atoms with Gasteiger partial charge in [-0.15, -0.1) is 11.3 Å². The minimum atomic E-state index is 0.559. The minimum absolute atomic E-state index is 0.559. The molecule has 0 bridgehead atoms. The fourth-order valence-corrected chi connectivity index (χ4v) is 3.13. The van der Waals surface area contributed by atoms with E-state index >= 15 is 0 Å². The van der Waals surface area contributed by atoms with Crippen molar-refractivity contribution in [2.75, 3.05) is 13.2 Å². The van der Waals surface area contributed by atoms with Crippen LogP contribution in [0.3, 0.4) is 0 Å². The van der Waals surface area contributed by atoms with Crippen LogP contribution in [0.4, 0.5) is 0 Å². The van der Waals surface area contributed by atoms with Crippen molar-refractivity contribution in [1.29, 1.82) is 0 Å². The van der Waals surface area contributed by atoms with E-state index in [-0.39, 0.29) is 0 Å². The molecule has 2 aromatic heterocycles. The molecule has 134 valence electrons. The molecule has 1 aromatic carbocycles. The third-order valence-corrected chi connectivity index (χ3v) is 4.33. The Morgan fingerprint density at radius 1 is 1.31 bits per heavy atom. The molecule has 0 saturated heterocycles. The normalized spacial score (nSPS) is 12.0. The highest BCUT2D eigenvalue weighted by molar-refractivity contribution is 7.07. The highest BCUT2D eigenvalue weighted by atomic mass is 32.1. The molecule has 0 atom stereocenters. The summed E-state index contributed by atoms with van der Waals surface area (Å²) in [6.45, 7) is 8.99. The maximum absolute atomic E-state index is 5.67. The van der Waals surface area contributed by atoms with Gasteiger partial charge in [-0.2, -0.15) is 5.10 Å². The molecule has 0 fully saturated rings. The molecule has 0 amide bonds. The summed E-state index contributed by atoms with van der Waals surface area (Å²) < 4.78 is 13.0. The van der Waals surface area contributed by atoms with Crippen LogP contribution < -0.4 is 9.54 Å². The smallest absolute Gasteiger partial charge is 0.206 e. The van der Waals surface area contributed by atoms with Gasteiger partial charge in [0.05, 0.1) is 25.6 Å². The van der Waals surface area contributed by atoms with Crippen LogP contribution in [-0.4, -0.2) is 24.0 Å².